The number of halogens is 1. The molecular weight excluding hydrogens is 266 g/mol. The summed E-state index contributed by atoms with van der Waals surface area (Å²) in [5.41, 5.74) is 0.985. The van der Waals surface area contributed by atoms with Crippen LogP contribution in [0.2, 0.25) is 5.02 Å². The van der Waals surface area contributed by atoms with Crippen LogP contribution in [0.5, 0.6) is 0 Å². The van der Waals surface area contributed by atoms with Crippen molar-refractivity contribution in [2.45, 2.75) is 13.0 Å². The van der Waals surface area contributed by atoms with Crippen LogP contribution in [-0.2, 0) is 0 Å². The van der Waals surface area contributed by atoms with E-state index in [1.165, 1.54) is 0 Å². The number of aliphatic hydroxyl groups is 1. The molecule has 0 fully saturated rings. The van der Waals surface area contributed by atoms with Gasteiger partial charge in [0.1, 0.15) is 0 Å². The molecule has 0 spiro atoms. The van der Waals surface area contributed by atoms with Crippen molar-refractivity contribution in [3.05, 3.63) is 47.2 Å². The van der Waals surface area contributed by atoms with E-state index in [1.807, 2.05) is 18.2 Å². The summed E-state index contributed by atoms with van der Waals surface area (Å²) in [6.45, 7) is 1.79. The third kappa shape index (κ3) is 3.33. The average molecular weight is 280 g/mol. The molecule has 0 saturated heterocycles. The van der Waals surface area contributed by atoms with Gasteiger partial charge in [-0.05, 0) is 25.1 Å². The van der Waals surface area contributed by atoms with Gasteiger partial charge in [0.2, 0.25) is 0 Å². The van der Waals surface area contributed by atoms with Gasteiger partial charge in [0, 0.05) is 12.7 Å². The third-order valence-electron chi connectivity index (χ3n) is 2.48. The van der Waals surface area contributed by atoms with E-state index in [0.717, 1.165) is 0 Å². The lowest BCUT2D eigenvalue weighted by Crippen LogP contribution is -2.30. The van der Waals surface area contributed by atoms with E-state index in [1.54, 1.807) is 29.9 Å². The molecule has 100 valence electrons. The van der Waals surface area contributed by atoms with Gasteiger partial charge in [-0.15, -0.1) is 0 Å². The summed E-state index contributed by atoms with van der Waals surface area (Å²) in [5.74, 6) is -0.327. The van der Waals surface area contributed by atoms with Crippen LogP contribution in [0.25, 0.3) is 5.69 Å². The Morgan fingerprint density at radius 2 is 2.21 bits per heavy atom. The number of hydrogen-bond donors (Lipinski definition) is 2. The van der Waals surface area contributed by atoms with E-state index in [9.17, 15) is 4.79 Å². The highest BCUT2D eigenvalue weighted by atomic mass is 35.5. The maximum absolute atomic E-state index is 11.7. The third-order valence-corrected chi connectivity index (χ3v) is 2.80. The molecule has 0 aliphatic rings. The van der Waals surface area contributed by atoms with Gasteiger partial charge < -0.3 is 10.4 Å². The Kier molecular flexibility index (Phi) is 4.19. The molecule has 2 rings (SSSR count). The second-order valence-electron chi connectivity index (χ2n) is 4.16. The van der Waals surface area contributed by atoms with Crippen molar-refractivity contribution in [3.8, 4) is 5.69 Å². The highest BCUT2D eigenvalue weighted by molar-refractivity contribution is 6.32. The number of hydrogen-bond acceptors (Lipinski definition) is 3. The minimum absolute atomic E-state index is 0.192. The zero-order valence-corrected chi connectivity index (χ0v) is 11.1. The number of aromatic nitrogens is 2. The fourth-order valence-electron chi connectivity index (χ4n) is 1.55. The molecule has 19 heavy (non-hydrogen) atoms. The Hall–Kier alpha value is -1.85. The summed E-state index contributed by atoms with van der Waals surface area (Å²) in [7, 11) is 0. The molecule has 0 saturated carbocycles. The number of rotatable bonds is 4. The summed E-state index contributed by atoms with van der Waals surface area (Å²) in [5, 5.41) is 16.4. The van der Waals surface area contributed by atoms with Crippen molar-refractivity contribution in [2.75, 3.05) is 6.54 Å². The van der Waals surface area contributed by atoms with E-state index in [0.29, 0.717) is 10.7 Å². The Balaban J connectivity index is 2.15. The van der Waals surface area contributed by atoms with Gasteiger partial charge in [-0.25, -0.2) is 4.68 Å². The number of nitrogens with one attached hydrogen (secondary N) is 1. The summed E-state index contributed by atoms with van der Waals surface area (Å²) in [4.78, 5) is 11.7. The molecule has 1 unspecified atom stereocenters. The van der Waals surface area contributed by atoms with Gasteiger partial charge >= 0.3 is 0 Å². The molecule has 0 aliphatic heterocycles. The number of amides is 1. The van der Waals surface area contributed by atoms with Gasteiger partial charge in [0.05, 0.1) is 16.8 Å². The van der Waals surface area contributed by atoms with Crippen molar-refractivity contribution in [1.82, 2.24) is 15.1 Å². The fourth-order valence-corrected chi connectivity index (χ4v) is 1.77. The number of nitrogens with zero attached hydrogens (tertiary/aromatic N) is 2. The molecule has 0 bridgehead atoms. The smallest absolute Gasteiger partial charge is 0.271 e. The van der Waals surface area contributed by atoms with Crippen LogP contribution in [0.3, 0.4) is 0 Å². The predicted molar refractivity (Wildman–Crippen MR) is 72.6 cm³/mol. The summed E-state index contributed by atoms with van der Waals surface area (Å²) in [6, 6.07) is 8.83. The highest BCUT2D eigenvalue weighted by Gasteiger charge is 2.11. The minimum atomic E-state index is -0.588. The van der Waals surface area contributed by atoms with Crippen LogP contribution in [-0.4, -0.2) is 33.4 Å². The Morgan fingerprint density at radius 3 is 2.89 bits per heavy atom. The van der Waals surface area contributed by atoms with Gasteiger partial charge in [-0.2, -0.15) is 5.10 Å². The number of aliphatic hydroxyl groups excluding tert-OH is 1. The molecule has 1 atom stereocenters. The lowest BCUT2D eigenvalue weighted by atomic mass is 10.3. The Bertz CT molecular complexity index is 581. The first-order chi connectivity index (χ1) is 9.08. The topological polar surface area (TPSA) is 67.2 Å². The first-order valence-electron chi connectivity index (χ1n) is 5.85. The van der Waals surface area contributed by atoms with E-state index in [-0.39, 0.29) is 18.1 Å². The van der Waals surface area contributed by atoms with Gasteiger partial charge in [0.25, 0.3) is 5.91 Å². The zero-order valence-electron chi connectivity index (χ0n) is 10.4. The van der Waals surface area contributed by atoms with Crippen LogP contribution in [0.15, 0.2) is 36.5 Å². The number of carbonyl (C=O) groups excluding carboxylic acids is 1. The van der Waals surface area contributed by atoms with Crippen LogP contribution in [0.4, 0.5) is 0 Å². The van der Waals surface area contributed by atoms with Crippen LogP contribution < -0.4 is 5.32 Å². The SMILES string of the molecule is CC(O)CNC(=O)c1ccn(-c2ccccc2Cl)n1. The van der Waals surface area contributed by atoms with Crippen molar-refractivity contribution < 1.29 is 9.90 Å². The van der Waals surface area contributed by atoms with Crippen molar-refractivity contribution in [1.29, 1.82) is 0 Å². The standard InChI is InChI=1S/C13H14ClN3O2/c1-9(18)8-15-13(19)11-6-7-17(16-11)12-5-3-2-4-10(12)14/h2-7,9,18H,8H2,1H3,(H,15,19). The van der Waals surface area contributed by atoms with Gasteiger partial charge in [-0.1, -0.05) is 23.7 Å². The molecule has 5 nitrogen and oxygen atoms in total. The molecule has 6 heteroatoms. The molecule has 1 amide bonds. The zero-order chi connectivity index (χ0) is 13.8. The second-order valence-corrected chi connectivity index (χ2v) is 4.56. The van der Waals surface area contributed by atoms with E-state index < -0.39 is 6.10 Å². The molecular formula is C13H14ClN3O2. The maximum atomic E-state index is 11.7. The Labute approximate surface area is 115 Å². The number of para-hydroxylation sites is 1. The Morgan fingerprint density at radius 1 is 1.47 bits per heavy atom. The summed E-state index contributed by atoms with van der Waals surface area (Å²) < 4.78 is 1.54. The molecule has 0 radical (unpaired) electrons. The van der Waals surface area contributed by atoms with E-state index in [4.69, 9.17) is 16.7 Å². The second kappa shape index (κ2) is 5.86. The number of carbonyl (C=O) groups is 1. The van der Waals surface area contributed by atoms with Gasteiger partial charge in [0.15, 0.2) is 5.69 Å². The average Bonchev–Trinajstić information content (AvgIpc) is 2.86. The molecule has 1 heterocycles. The normalized spacial score (nSPS) is 12.2. The predicted octanol–water partition coefficient (Wildman–Crippen LogP) is 1.64. The molecule has 1 aromatic heterocycles. The van der Waals surface area contributed by atoms with Crippen molar-refractivity contribution >= 4 is 17.5 Å². The first-order valence-corrected chi connectivity index (χ1v) is 6.22. The van der Waals surface area contributed by atoms with Crippen LogP contribution in [0, 0.1) is 0 Å². The minimum Gasteiger partial charge on any atom is -0.392 e. The summed E-state index contributed by atoms with van der Waals surface area (Å²) in [6.07, 6.45) is 1.08. The molecule has 0 aliphatic carbocycles. The van der Waals surface area contributed by atoms with E-state index in [2.05, 4.69) is 10.4 Å². The lowest BCUT2D eigenvalue weighted by Gasteiger charge is -2.05. The van der Waals surface area contributed by atoms with E-state index >= 15 is 0 Å². The molecule has 2 N–H and O–H groups in total. The van der Waals surface area contributed by atoms with Crippen LogP contribution >= 0.6 is 11.6 Å². The van der Waals surface area contributed by atoms with Crippen molar-refractivity contribution in [3.63, 3.8) is 0 Å². The molecule has 2 aromatic rings. The van der Waals surface area contributed by atoms with Gasteiger partial charge in [-0.3, -0.25) is 4.79 Å². The maximum Gasteiger partial charge on any atom is 0.271 e. The summed E-state index contributed by atoms with van der Waals surface area (Å²) >= 11 is 6.06. The monoisotopic (exact) mass is 279 g/mol. The fraction of sp³-hybridized carbons (Fsp3) is 0.231. The first kappa shape index (κ1) is 13.6. The van der Waals surface area contributed by atoms with Crippen molar-refractivity contribution in [2.24, 2.45) is 0 Å². The number of benzene rings is 1. The largest absolute Gasteiger partial charge is 0.392 e. The van der Waals surface area contributed by atoms with Crippen LogP contribution in [0.1, 0.15) is 17.4 Å². The highest BCUT2D eigenvalue weighted by Crippen LogP contribution is 2.18. The molecule has 1 aromatic carbocycles. The quantitative estimate of drug-likeness (QED) is 0.894. The lowest BCUT2D eigenvalue weighted by molar-refractivity contribution is 0.0918.